The van der Waals surface area contributed by atoms with Gasteiger partial charge in [-0.15, -0.1) is 0 Å². The molecule has 9 heteroatoms. The Kier molecular flexibility index (Phi) is 5.99. The number of aromatic carboxylic acids is 1. The quantitative estimate of drug-likeness (QED) is 0.579. The first-order valence-electron chi connectivity index (χ1n) is 10.8. The molecule has 2 heterocycles. The van der Waals surface area contributed by atoms with Crippen molar-refractivity contribution in [3.05, 3.63) is 75.8 Å². The highest BCUT2D eigenvalue weighted by Crippen LogP contribution is 2.39. The van der Waals surface area contributed by atoms with Gasteiger partial charge in [-0.2, -0.15) is 0 Å². The highest BCUT2D eigenvalue weighted by molar-refractivity contribution is 6.01. The molecule has 2 unspecified atom stereocenters. The summed E-state index contributed by atoms with van der Waals surface area (Å²) in [6.07, 6.45) is 1.72. The van der Waals surface area contributed by atoms with E-state index in [1.54, 1.807) is 6.92 Å². The molecule has 1 fully saturated rings. The lowest BCUT2D eigenvalue weighted by atomic mass is 9.98. The van der Waals surface area contributed by atoms with Crippen LogP contribution in [0.2, 0.25) is 0 Å². The van der Waals surface area contributed by atoms with Crippen molar-refractivity contribution in [2.75, 3.05) is 18.0 Å². The van der Waals surface area contributed by atoms with Crippen LogP contribution in [0.3, 0.4) is 0 Å². The summed E-state index contributed by atoms with van der Waals surface area (Å²) in [5.41, 5.74) is 5.18. The molecule has 0 bridgehead atoms. The topological polar surface area (TPSA) is 88.6 Å². The molecule has 1 aromatic heterocycles. The standard InChI is InChI=1S/C25H24F3N3O3/c1-12(2)21-22-16(9-19(28)23(21)30-7-6-14(10-30)13(3)29)24(32)17(25(33)34)11-31(22)20-5-4-15(26)8-18(20)27/h4-5,8-9,11,13-14H,1,6-7,10,29H2,2-3H3,(H,33,34). The summed E-state index contributed by atoms with van der Waals surface area (Å²) in [6.45, 7) is 8.45. The van der Waals surface area contributed by atoms with E-state index in [0.717, 1.165) is 35.4 Å². The van der Waals surface area contributed by atoms with E-state index in [1.807, 2.05) is 11.8 Å². The summed E-state index contributed by atoms with van der Waals surface area (Å²) in [5.74, 6) is -3.95. The molecule has 4 rings (SSSR count). The van der Waals surface area contributed by atoms with Crippen molar-refractivity contribution in [1.82, 2.24) is 4.57 Å². The van der Waals surface area contributed by atoms with Gasteiger partial charge in [0, 0.05) is 37.0 Å². The normalized spacial score (nSPS) is 16.8. The first kappa shape index (κ1) is 23.6. The third-order valence-electron chi connectivity index (χ3n) is 6.33. The van der Waals surface area contributed by atoms with Gasteiger partial charge < -0.3 is 20.3 Å². The number of anilines is 1. The Morgan fingerprint density at radius 3 is 2.50 bits per heavy atom. The maximum Gasteiger partial charge on any atom is 0.341 e. The summed E-state index contributed by atoms with van der Waals surface area (Å²) < 4.78 is 45.2. The van der Waals surface area contributed by atoms with E-state index >= 15 is 4.39 Å². The van der Waals surface area contributed by atoms with Gasteiger partial charge in [-0.05, 0) is 50.0 Å². The van der Waals surface area contributed by atoms with Crippen LogP contribution in [0.1, 0.15) is 36.2 Å². The fourth-order valence-corrected chi connectivity index (χ4v) is 4.60. The molecule has 3 aromatic rings. The number of fused-ring (bicyclic) bond motifs is 1. The van der Waals surface area contributed by atoms with E-state index < -0.39 is 34.4 Å². The Bertz CT molecular complexity index is 1400. The number of pyridine rings is 1. The van der Waals surface area contributed by atoms with Crippen molar-refractivity contribution in [3.63, 3.8) is 0 Å². The van der Waals surface area contributed by atoms with E-state index in [2.05, 4.69) is 6.58 Å². The number of carboxylic acids is 1. The summed E-state index contributed by atoms with van der Waals surface area (Å²) in [6, 6.07) is 3.67. The van der Waals surface area contributed by atoms with Gasteiger partial charge in [0.2, 0.25) is 5.43 Å². The number of halogens is 3. The lowest BCUT2D eigenvalue weighted by Gasteiger charge is -2.26. The zero-order chi connectivity index (χ0) is 24.9. The molecule has 1 aliphatic heterocycles. The van der Waals surface area contributed by atoms with E-state index in [9.17, 15) is 23.5 Å². The Labute approximate surface area is 193 Å². The molecule has 0 radical (unpaired) electrons. The van der Waals surface area contributed by atoms with Crippen LogP contribution in [0.4, 0.5) is 18.9 Å². The first-order chi connectivity index (χ1) is 16.0. The fourth-order valence-electron chi connectivity index (χ4n) is 4.60. The number of rotatable bonds is 5. The van der Waals surface area contributed by atoms with Crippen LogP contribution in [-0.2, 0) is 0 Å². The molecule has 6 nitrogen and oxygen atoms in total. The summed E-state index contributed by atoms with van der Waals surface area (Å²) >= 11 is 0. The number of carboxylic acid groups (broad SMARTS) is 1. The van der Waals surface area contributed by atoms with Gasteiger partial charge >= 0.3 is 5.97 Å². The minimum Gasteiger partial charge on any atom is -0.477 e. The second kappa shape index (κ2) is 8.64. The van der Waals surface area contributed by atoms with Crippen molar-refractivity contribution in [2.24, 2.45) is 11.7 Å². The molecule has 1 aliphatic rings. The number of aromatic nitrogens is 1. The van der Waals surface area contributed by atoms with Gasteiger partial charge in [0.05, 0.1) is 22.3 Å². The summed E-state index contributed by atoms with van der Waals surface area (Å²) in [5, 5.41) is 9.32. The third-order valence-corrected chi connectivity index (χ3v) is 6.33. The Hall–Kier alpha value is -3.59. The number of carbonyl (C=O) groups is 1. The van der Waals surface area contributed by atoms with Crippen LogP contribution in [0.25, 0.3) is 22.2 Å². The van der Waals surface area contributed by atoms with Crippen molar-refractivity contribution >= 4 is 28.1 Å². The van der Waals surface area contributed by atoms with Crippen LogP contribution in [0.15, 0.2) is 41.8 Å². The largest absolute Gasteiger partial charge is 0.477 e. The second-order valence-corrected chi connectivity index (χ2v) is 8.76. The maximum atomic E-state index is 15.6. The third kappa shape index (κ3) is 3.86. The molecule has 0 amide bonds. The highest BCUT2D eigenvalue weighted by Gasteiger charge is 2.31. The van der Waals surface area contributed by atoms with Gasteiger partial charge in [0.15, 0.2) is 0 Å². The lowest BCUT2D eigenvalue weighted by Crippen LogP contribution is -2.30. The molecule has 0 saturated carbocycles. The van der Waals surface area contributed by atoms with Gasteiger partial charge in [-0.1, -0.05) is 6.58 Å². The molecule has 2 aromatic carbocycles. The number of hydrogen-bond acceptors (Lipinski definition) is 4. The molecule has 178 valence electrons. The predicted molar refractivity (Wildman–Crippen MR) is 125 cm³/mol. The van der Waals surface area contributed by atoms with Crippen LogP contribution in [0, 0.1) is 23.4 Å². The summed E-state index contributed by atoms with van der Waals surface area (Å²) in [7, 11) is 0. The van der Waals surface area contributed by atoms with E-state index in [1.165, 1.54) is 0 Å². The molecular weight excluding hydrogens is 447 g/mol. The van der Waals surface area contributed by atoms with Crippen LogP contribution in [-0.4, -0.2) is 34.8 Å². The molecular formula is C25H24F3N3O3. The van der Waals surface area contributed by atoms with E-state index in [-0.39, 0.29) is 39.8 Å². The number of nitrogens with two attached hydrogens (primary N) is 1. The zero-order valence-electron chi connectivity index (χ0n) is 18.7. The Morgan fingerprint density at radius 2 is 1.94 bits per heavy atom. The van der Waals surface area contributed by atoms with Gasteiger partial charge in [-0.3, -0.25) is 4.79 Å². The lowest BCUT2D eigenvalue weighted by molar-refractivity contribution is 0.0695. The predicted octanol–water partition coefficient (Wildman–Crippen LogP) is 4.31. The SMILES string of the molecule is C=C(C)c1c(N2CCC(C(C)N)C2)c(F)cc2c(=O)c(C(=O)O)cn(-c3ccc(F)cc3F)c12. The van der Waals surface area contributed by atoms with E-state index in [4.69, 9.17) is 5.73 Å². The number of hydrogen-bond donors (Lipinski definition) is 2. The fraction of sp³-hybridized carbons (Fsp3) is 0.280. The molecule has 2 atom stereocenters. The van der Waals surface area contributed by atoms with Crippen LogP contribution >= 0.6 is 0 Å². The van der Waals surface area contributed by atoms with Crippen molar-refractivity contribution in [2.45, 2.75) is 26.3 Å². The minimum atomic E-state index is -1.55. The molecule has 0 spiro atoms. The summed E-state index contributed by atoms with van der Waals surface area (Å²) in [4.78, 5) is 26.6. The average Bonchev–Trinajstić information content (AvgIpc) is 3.24. The van der Waals surface area contributed by atoms with E-state index in [0.29, 0.717) is 24.7 Å². The molecule has 0 aliphatic carbocycles. The van der Waals surface area contributed by atoms with Crippen molar-refractivity contribution in [1.29, 1.82) is 0 Å². The minimum absolute atomic E-state index is 0.0913. The van der Waals surface area contributed by atoms with Gasteiger partial charge in [0.1, 0.15) is 23.0 Å². The van der Waals surface area contributed by atoms with Crippen LogP contribution < -0.4 is 16.1 Å². The van der Waals surface area contributed by atoms with Gasteiger partial charge in [0.25, 0.3) is 0 Å². The highest BCUT2D eigenvalue weighted by atomic mass is 19.1. The van der Waals surface area contributed by atoms with Crippen molar-refractivity contribution < 1.29 is 23.1 Å². The maximum absolute atomic E-state index is 15.6. The second-order valence-electron chi connectivity index (χ2n) is 8.76. The number of allylic oxidation sites excluding steroid dienone is 1. The Morgan fingerprint density at radius 1 is 1.24 bits per heavy atom. The number of benzene rings is 2. The number of nitrogens with zero attached hydrogens (tertiary/aromatic N) is 2. The molecule has 1 saturated heterocycles. The monoisotopic (exact) mass is 471 g/mol. The smallest absolute Gasteiger partial charge is 0.341 e. The van der Waals surface area contributed by atoms with Gasteiger partial charge in [-0.25, -0.2) is 18.0 Å². The van der Waals surface area contributed by atoms with Crippen LogP contribution in [0.5, 0.6) is 0 Å². The average molecular weight is 471 g/mol. The first-order valence-corrected chi connectivity index (χ1v) is 10.8. The molecule has 3 N–H and O–H groups in total. The van der Waals surface area contributed by atoms with Crippen molar-refractivity contribution in [3.8, 4) is 5.69 Å². The zero-order valence-corrected chi connectivity index (χ0v) is 18.7. The molecule has 34 heavy (non-hydrogen) atoms. The Balaban J connectivity index is 2.14.